The van der Waals surface area contributed by atoms with Crippen LogP contribution >= 0.6 is 22.9 Å². The van der Waals surface area contributed by atoms with Crippen LogP contribution in [-0.4, -0.2) is 11.6 Å². The van der Waals surface area contributed by atoms with E-state index in [-0.39, 0.29) is 0 Å². The van der Waals surface area contributed by atoms with Crippen LogP contribution < -0.4 is 4.74 Å². The molecular formula is C7H6ClNOS. The molecule has 0 saturated carbocycles. The monoisotopic (exact) mass is 187 g/mol. The van der Waals surface area contributed by atoms with E-state index >= 15 is 0 Å². The summed E-state index contributed by atoms with van der Waals surface area (Å²) in [6, 6.07) is 0. The van der Waals surface area contributed by atoms with Crippen LogP contribution in [0.25, 0.3) is 0 Å². The third-order valence-electron chi connectivity index (χ3n) is 0.927. The fourth-order valence-electron chi connectivity index (χ4n) is 0.503. The van der Waals surface area contributed by atoms with Crippen molar-refractivity contribution >= 4 is 22.9 Å². The zero-order chi connectivity index (χ0) is 8.10. The molecule has 0 unspecified atom stereocenters. The number of halogens is 1. The summed E-state index contributed by atoms with van der Waals surface area (Å²) in [5.74, 6) is 2.46. The van der Waals surface area contributed by atoms with E-state index < -0.39 is 0 Å². The highest BCUT2D eigenvalue weighted by Crippen LogP contribution is 2.20. The van der Waals surface area contributed by atoms with E-state index in [4.69, 9.17) is 22.8 Å². The van der Waals surface area contributed by atoms with E-state index in [1.54, 1.807) is 5.38 Å². The summed E-state index contributed by atoms with van der Waals surface area (Å²) < 4.78 is 5.15. The Labute approximate surface area is 74.2 Å². The average Bonchev–Trinajstić information content (AvgIpc) is 2.37. The molecule has 4 heteroatoms. The summed E-state index contributed by atoms with van der Waals surface area (Å²) in [6.07, 6.45) is 5.62. The van der Waals surface area contributed by atoms with Crippen molar-refractivity contribution in [2.45, 2.75) is 6.42 Å². The lowest BCUT2D eigenvalue weighted by Gasteiger charge is -1.95. The fraction of sp³-hybridized carbons (Fsp3) is 0.286. The second kappa shape index (κ2) is 4.22. The van der Waals surface area contributed by atoms with Crippen molar-refractivity contribution in [3.63, 3.8) is 0 Å². The Bertz CT molecular complexity index is 266. The molecule has 1 rings (SSSR count). The van der Waals surface area contributed by atoms with Crippen molar-refractivity contribution in [2.75, 3.05) is 6.61 Å². The molecule has 58 valence electrons. The van der Waals surface area contributed by atoms with Gasteiger partial charge in [-0.1, -0.05) is 22.9 Å². The first kappa shape index (κ1) is 8.38. The number of ether oxygens (including phenoxy) is 1. The largest absolute Gasteiger partial charge is 0.469 e. The smallest absolute Gasteiger partial charge is 0.274 e. The number of hydrogen-bond donors (Lipinski definition) is 0. The van der Waals surface area contributed by atoms with Crippen LogP contribution in [0.4, 0.5) is 0 Å². The molecule has 1 aromatic rings. The molecule has 0 saturated heterocycles. The summed E-state index contributed by atoms with van der Waals surface area (Å²) in [5, 5.41) is 2.75. The maximum absolute atomic E-state index is 5.55. The molecule has 2 nitrogen and oxygen atoms in total. The SMILES string of the molecule is C#CCCOc1nc(Cl)cs1. The summed E-state index contributed by atoms with van der Waals surface area (Å²) in [6.45, 7) is 0.500. The zero-order valence-electron chi connectivity index (χ0n) is 5.71. The Morgan fingerprint density at radius 2 is 2.64 bits per heavy atom. The minimum atomic E-state index is 0.464. The summed E-state index contributed by atoms with van der Waals surface area (Å²) in [5.41, 5.74) is 0. The molecule has 0 bridgehead atoms. The maximum Gasteiger partial charge on any atom is 0.274 e. The first-order chi connectivity index (χ1) is 5.33. The van der Waals surface area contributed by atoms with Gasteiger partial charge in [0.15, 0.2) is 0 Å². The van der Waals surface area contributed by atoms with E-state index in [0.717, 1.165) is 0 Å². The van der Waals surface area contributed by atoms with Gasteiger partial charge in [0, 0.05) is 11.8 Å². The molecule has 0 N–H and O–H groups in total. The molecular weight excluding hydrogens is 182 g/mol. The Morgan fingerprint density at radius 1 is 1.82 bits per heavy atom. The number of aromatic nitrogens is 1. The van der Waals surface area contributed by atoms with Crippen molar-refractivity contribution in [1.82, 2.24) is 4.98 Å². The Morgan fingerprint density at radius 3 is 3.18 bits per heavy atom. The Hall–Kier alpha value is -0.720. The van der Waals surface area contributed by atoms with Crippen LogP contribution in [-0.2, 0) is 0 Å². The number of terminal acetylenes is 1. The normalized spacial score (nSPS) is 9.09. The van der Waals surface area contributed by atoms with Gasteiger partial charge in [-0.3, -0.25) is 0 Å². The van der Waals surface area contributed by atoms with Gasteiger partial charge in [0.2, 0.25) is 0 Å². The lowest BCUT2D eigenvalue weighted by Crippen LogP contribution is -1.94. The maximum atomic E-state index is 5.55. The first-order valence-corrected chi connectivity index (χ1v) is 4.26. The van der Waals surface area contributed by atoms with Crippen molar-refractivity contribution in [2.24, 2.45) is 0 Å². The Kier molecular flexibility index (Phi) is 3.21. The van der Waals surface area contributed by atoms with Crippen molar-refractivity contribution in [1.29, 1.82) is 0 Å². The van der Waals surface area contributed by atoms with Gasteiger partial charge in [-0.25, -0.2) is 0 Å². The van der Waals surface area contributed by atoms with Gasteiger partial charge in [0.1, 0.15) is 11.8 Å². The Balaban J connectivity index is 2.34. The molecule has 0 spiro atoms. The highest BCUT2D eigenvalue weighted by molar-refractivity contribution is 7.11. The standard InChI is InChI=1S/C7H6ClNOS/c1-2-3-4-10-7-9-6(8)5-11-7/h1,5H,3-4H2. The quantitative estimate of drug-likeness (QED) is 0.535. The van der Waals surface area contributed by atoms with Crippen LogP contribution in [0, 0.1) is 12.3 Å². The van der Waals surface area contributed by atoms with Crippen molar-refractivity contribution < 1.29 is 4.74 Å². The number of hydrogen-bond acceptors (Lipinski definition) is 3. The molecule has 11 heavy (non-hydrogen) atoms. The highest BCUT2D eigenvalue weighted by atomic mass is 35.5. The number of thiazole rings is 1. The van der Waals surface area contributed by atoms with Crippen LogP contribution in [0.2, 0.25) is 5.15 Å². The lowest BCUT2D eigenvalue weighted by atomic mass is 10.5. The molecule has 0 aliphatic rings. The van der Waals surface area contributed by atoms with Crippen molar-refractivity contribution in [3.05, 3.63) is 10.5 Å². The first-order valence-electron chi connectivity index (χ1n) is 3.00. The third-order valence-corrected chi connectivity index (χ3v) is 2.00. The zero-order valence-corrected chi connectivity index (χ0v) is 7.28. The number of nitrogens with zero attached hydrogens (tertiary/aromatic N) is 1. The van der Waals surface area contributed by atoms with Gasteiger partial charge < -0.3 is 4.74 Å². The van der Waals surface area contributed by atoms with Gasteiger partial charge in [-0.05, 0) is 0 Å². The second-order valence-electron chi connectivity index (χ2n) is 1.74. The van der Waals surface area contributed by atoms with E-state index in [1.807, 2.05) is 0 Å². The highest BCUT2D eigenvalue weighted by Gasteiger charge is 1.98. The molecule has 0 aliphatic heterocycles. The molecule has 0 aliphatic carbocycles. The number of rotatable bonds is 3. The molecule has 1 heterocycles. The average molecular weight is 188 g/mol. The van der Waals surface area contributed by atoms with Crippen LogP contribution in [0.5, 0.6) is 5.19 Å². The van der Waals surface area contributed by atoms with Gasteiger partial charge in [0.25, 0.3) is 5.19 Å². The van der Waals surface area contributed by atoms with Crippen LogP contribution in [0.1, 0.15) is 6.42 Å². The molecule has 0 amide bonds. The van der Waals surface area contributed by atoms with E-state index in [1.165, 1.54) is 11.3 Å². The predicted octanol–water partition coefficient (Wildman–Crippen LogP) is 2.20. The third kappa shape index (κ3) is 2.79. The summed E-state index contributed by atoms with van der Waals surface area (Å²) in [7, 11) is 0. The van der Waals surface area contributed by atoms with E-state index in [2.05, 4.69) is 10.9 Å². The fourth-order valence-corrected chi connectivity index (χ4v) is 1.32. The lowest BCUT2D eigenvalue weighted by molar-refractivity contribution is 0.325. The van der Waals surface area contributed by atoms with Gasteiger partial charge in [-0.15, -0.1) is 12.3 Å². The molecule has 0 aromatic carbocycles. The van der Waals surface area contributed by atoms with Gasteiger partial charge >= 0.3 is 0 Å². The minimum absolute atomic E-state index is 0.464. The summed E-state index contributed by atoms with van der Waals surface area (Å²) in [4.78, 5) is 3.88. The van der Waals surface area contributed by atoms with Crippen molar-refractivity contribution in [3.8, 4) is 17.5 Å². The minimum Gasteiger partial charge on any atom is -0.469 e. The van der Waals surface area contributed by atoms with Crippen LogP contribution in [0.15, 0.2) is 5.38 Å². The predicted molar refractivity (Wildman–Crippen MR) is 46.1 cm³/mol. The van der Waals surface area contributed by atoms with E-state index in [9.17, 15) is 0 Å². The molecule has 0 atom stereocenters. The molecule has 0 fully saturated rings. The van der Waals surface area contributed by atoms with Crippen LogP contribution in [0.3, 0.4) is 0 Å². The molecule has 1 aromatic heterocycles. The van der Waals surface area contributed by atoms with Gasteiger partial charge in [-0.2, -0.15) is 4.98 Å². The van der Waals surface area contributed by atoms with E-state index in [0.29, 0.717) is 23.4 Å². The molecule has 0 radical (unpaired) electrons. The summed E-state index contributed by atoms with van der Waals surface area (Å²) >= 11 is 6.92. The topological polar surface area (TPSA) is 22.1 Å². The van der Waals surface area contributed by atoms with Gasteiger partial charge in [0.05, 0.1) is 0 Å². The second-order valence-corrected chi connectivity index (χ2v) is 2.95.